The van der Waals surface area contributed by atoms with Crippen LogP contribution in [0.1, 0.15) is 40.2 Å². The van der Waals surface area contributed by atoms with Crippen molar-refractivity contribution in [3.05, 3.63) is 83.2 Å². The molecule has 0 radical (unpaired) electrons. The van der Waals surface area contributed by atoms with Crippen molar-refractivity contribution in [1.29, 1.82) is 0 Å². The van der Waals surface area contributed by atoms with Crippen molar-refractivity contribution in [3.8, 4) is 17.1 Å². The molecule has 3 N–H and O–H groups in total. The Bertz CT molecular complexity index is 1570. The summed E-state index contributed by atoms with van der Waals surface area (Å²) in [6.45, 7) is -0.275. The second kappa shape index (κ2) is 11.1. The molecule has 12 heteroatoms. The summed E-state index contributed by atoms with van der Waals surface area (Å²) >= 11 is 0. The average Bonchev–Trinajstić information content (AvgIpc) is 3.70. The predicted octanol–water partition coefficient (Wildman–Crippen LogP) is 3.40. The molecular formula is C27H26BFN2O7S. The van der Waals surface area contributed by atoms with Gasteiger partial charge in [-0.15, -0.1) is 0 Å². The zero-order valence-electron chi connectivity index (χ0n) is 21.0. The Morgan fingerprint density at radius 3 is 2.41 bits per heavy atom. The maximum Gasteiger partial charge on any atom is 0.491 e. The molecule has 5 rings (SSSR count). The van der Waals surface area contributed by atoms with Crippen molar-refractivity contribution in [2.45, 2.75) is 25.3 Å². The smallest absolute Gasteiger partial charge is 0.491 e. The molecule has 9 nitrogen and oxygen atoms in total. The lowest BCUT2D eigenvalue weighted by atomic mass is 9.95. The van der Waals surface area contributed by atoms with Crippen LogP contribution in [-0.2, 0) is 17.4 Å². The van der Waals surface area contributed by atoms with Crippen LogP contribution in [0, 0.1) is 5.82 Å². The van der Waals surface area contributed by atoms with Gasteiger partial charge in [-0.2, -0.15) is 0 Å². The van der Waals surface area contributed by atoms with Crippen LogP contribution in [0.3, 0.4) is 0 Å². The van der Waals surface area contributed by atoms with Crippen molar-refractivity contribution in [1.82, 2.24) is 5.32 Å². The molecule has 0 unspecified atom stereocenters. The topological polar surface area (TPSA) is 129 Å². The van der Waals surface area contributed by atoms with Gasteiger partial charge < -0.3 is 24.5 Å². The van der Waals surface area contributed by atoms with Crippen LogP contribution in [0.25, 0.3) is 22.3 Å². The molecule has 3 aromatic carbocycles. The molecule has 1 heterocycles. The maximum absolute atomic E-state index is 13.6. The second-order valence-corrected chi connectivity index (χ2v) is 10.3. The highest BCUT2D eigenvalue weighted by atomic mass is 32.2. The fourth-order valence-corrected chi connectivity index (χ4v) is 5.15. The molecular weight excluding hydrogens is 526 g/mol. The monoisotopic (exact) mass is 552 g/mol. The number of hydrogen-bond acceptors (Lipinski definition) is 7. The maximum atomic E-state index is 13.6. The first kappa shape index (κ1) is 26.7. The van der Waals surface area contributed by atoms with Gasteiger partial charge in [0.15, 0.2) is 0 Å². The number of nitrogens with one attached hydrogen (secondary N) is 1. The fraction of sp³-hybridized carbons (Fsp3) is 0.222. The molecule has 0 saturated heterocycles. The number of furan rings is 1. The molecule has 1 aromatic heterocycles. The quantitative estimate of drug-likeness (QED) is 0.175. The third-order valence-corrected chi connectivity index (χ3v) is 7.35. The van der Waals surface area contributed by atoms with Crippen molar-refractivity contribution in [3.63, 3.8) is 0 Å². The number of thiol groups is 1. The second-order valence-electron chi connectivity index (χ2n) is 9.29. The summed E-state index contributed by atoms with van der Waals surface area (Å²) in [5.74, 6) is 0.144. The minimum atomic E-state index is -3.02. The first-order chi connectivity index (χ1) is 18.7. The van der Waals surface area contributed by atoms with Crippen LogP contribution >= 0.6 is 0 Å². The summed E-state index contributed by atoms with van der Waals surface area (Å²) in [5.41, 5.74) is 3.39. The van der Waals surface area contributed by atoms with Crippen molar-refractivity contribution < 1.29 is 36.8 Å². The minimum Gasteiger partial charge on any atom is -0.496 e. The van der Waals surface area contributed by atoms with Gasteiger partial charge in [-0.1, -0.05) is 0 Å². The molecule has 0 atom stereocenters. The molecule has 1 fully saturated rings. The number of halogens is 1. The third kappa shape index (κ3) is 5.77. The number of anilines is 1. The van der Waals surface area contributed by atoms with E-state index in [9.17, 15) is 17.6 Å². The largest absolute Gasteiger partial charge is 0.496 e. The summed E-state index contributed by atoms with van der Waals surface area (Å²) in [5, 5.41) is 21.2. The number of hydrogen-bond donors (Lipinski definition) is 4. The van der Waals surface area contributed by atoms with Gasteiger partial charge in [-0.25, -0.2) is 12.8 Å². The molecule has 1 saturated carbocycles. The number of fused-ring (bicyclic) bond motifs is 1. The Kier molecular flexibility index (Phi) is 7.60. The number of nitrogens with zero attached hydrogens (tertiary/aromatic N) is 1. The third-order valence-electron chi connectivity index (χ3n) is 6.58. The van der Waals surface area contributed by atoms with Crippen molar-refractivity contribution in [2.75, 3.05) is 17.9 Å². The number of benzene rings is 3. The highest BCUT2D eigenvalue weighted by Gasteiger charge is 2.30. The molecule has 0 aliphatic heterocycles. The summed E-state index contributed by atoms with van der Waals surface area (Å²) < 4.78 is 50.8. The van der Waals surface area contributed by atoms with Gasteiger partial charge in [0.25, 0.3) is 5.91 Å². The van der Waals surface area contributed by atoms with Gasteiger partial charge in [0, 0.05) is 18.0 Å². The first-order valence-electron chi connectivity index (χ1n) is 12.3. The summed E-state index contributed by atoms with van der Waals surface area (Å²) in [6.07, 6.45) is 1.89. The fourth-order valence-electron chi connectivity index (χ4n) is 4.56. The van der Waals surface area contributed by atoms with Crippen molar-refractivity contribution >= 4 is 40.6 Å². The number of carbonyl (C=O) groups is 1. The number of rotatable bonds is 10. The lowest BCUT2D eigenvalue weighted by Gasteiger charge is -2.20. The Labute approximate surface area is 226 Å². The summed E-state index contributed by atoms with van der Waals surface area (Å²) in [7, 11) is -3.12. The molecule has 0 bridgehead atoms. The number of ether oxygens (including phenoxy) is 1. The Morgan fingerprint density at radius 1 is 1.13 bits per heavy atom. The minimum absolute atomic E-state index is 0.0396. The number of amides is 1. The Balaban J connectivity index is 1.56. The van der Waals surface area contributed by atoms with E-state index in [1.54, 1.807) is 42.5 Å². The van der Waals surface area contributed by atoms with Gasteiger partial charge in [-0.3, -0.25) is 9.10 Å². The first-order valence-corrected chi connectivity index (χ1v) is 13.5. The van der Waals surface area contributed by atoms with E-state index in [-0.39, 0.29) is 24.9 Å². The number of carbonyl (C=O) groups excluding carboxylic acids is 1. The van der Waals surface area contributed by atoms with E-state index in [1.807, 2.05) is 6.07 Å². The van der Waals surface area contributed by atoms with Crippen LogP contribution in [0.4, 0.5) is 10.1 Å². The van der Waals surface area contributed by atoms with Gasteiger partial charge >= 0.3 is 7.12 Å². The zero-order chi connectivity index (χ0) is 27.7. The molecule has 1 aliphatic carbocycles. The lowest BCUT2D eigenvalue weighted by Crippen LogP contribution is -2.22. The van der Waals surface area contributed by atoms with E-state index in [0.29, 0.717) is 39.3 Å². The van der Waals surface area contributed by atoms with Crippen LogP contribution in [0.15, 0.2) is 65.1 Å². The van der Waals surface area contributed by atoms with E-state index in [2.05, 4.69) is 5.32 Å². The normalized spacial score (nSPS) is 13.1. The molecule has 39 heavy (non-hydrogen) atoms. The Hall–Kier alpha value is -3.87. The SMILES string of the molecule is CNC(=O)c1c(-c2ccc(F)cc2)oc2cc(CN(c3ccc(OCB(O)O)cc3)[SH](=O)=O)c(C3CC3)cc12. The van der Waals surface area contributed by atoms with E-state index in [0.717, 1.165) is 24.0 Å². The molecule has 202 valence electrons. The van der Waals surface area contributed by atoms with Gasteiger partial charge in [0.2, 0.25) is 10.9 Å². The Morgan fingerprint density at radius 2 is 1.82 bits per heavy atom. The standard InChI is InChI=1S/C27H26BFN2O7S/c1-30-27(32)25-23-13-22(16-2-3-16)18(12-24(23)38-26(25)17-4-6-19(29)7-5-17)14-31(39(35)36)20-8-10-21(11-9-20)37-15-28(33)34/h4-13,16,33-34,39H,2-3,14-15H2,1H3,(H,30,32). The highest BCUT2D eigenvalue weighted by molar-refractivity contribution is 7.74. The van der Waals surface area contributed by atoms with Crippen molar-refractivity contribution in [2.24, 2.45) is 0 Å². The molecule has 1 aliphatic rings. The highest BCUT2D eigenvalue weighted by Crippen LogP contribution is 2.45. The van der Waals surface area contributed by atoms with E-state index in [4.69, 9.17) is 19.2 Å². The van der Waals surface area contributed by atoms with Gasteiger partial charge in [0.1, 0.15) is 29.4 Å². The van der Waals surface area contributed by atoms with Crippen LogP contribution in [-0.4, -0.2) is 45.0 Å². The molecule has 1 amide bonds. The van der Waals surface area contributed by atoms with Gasteiger partial charge in [-0.05, 0) is 90.6 Å². The van der Waals surface area contributed by atoms with Crippen LogP contribution in [0.5, 0.6) is 5.75 Å². The van der Waals surface area contributed by atoms with Crippen LogP contribution < -0.4 is 14.4 Å². The van der Waals surface area contributed by atoms with E-state index < -0.39 is 23.8 Å². The zero-order valence-corrected chi connectivity index (χ0v) is 21.9. The lowest BCUT2D eigenvalue weighted by molar-refractivity contribution is 0.0964. The molecule has 4 aromatic rings. The van der Waals surface area contributed by atoms with Gasteiger partial charge in [0.05, 0.1) is 17.8 Å². The van der Waals surface area contributed by atoms with E-state index in [1.165, 1.54) is 23.5 Å². The summed E-state index contributed by atoms with van der Waals surface area (Å²) in [6, 6.07) is 15.6. The predicted molar refractivity (Wildman–Crippen MR) is 146 cm³/mol. The average molecular weight is 552 g/mol. The summed E-state index contributed by atoms with van der Waals surface area (Å²) in [4.78, 5) is 12.9. The van der Waals surface area contributed by atoms with E-state index >= 15 is 0 Å². The molecule has 0 spiro atoms. The van der Waals surface area contributed by atoms with Crippen LogP contribution in [0.2, 0.25) is 0 Å².